The fourth-order valence-electron chi connectivity index (χ4n) is 3.86. The van der Waals surface area contributed by atoms with Gasteiger partial charge in [-0.05, 0) is 16.7 Å². The molecule has 0 N–H and O–H groups in total. The van der Waals surface area contributed by atoms with Crippen molar-refractivity contribution in [3.63, 3.8) is 0 Å². The molecule has 0 amide bonds. The Bertz CT molecular complexity index is 803. The first-order valence-electron chi connectivity index (χ1n) is 7.51. The zero-order chi connectivity index (χ0) is 14.6. The molecule has 0 aromatic heterocycles. The van der Waals surface area contributed by atoms with Crippen molar-refractivity contribution in [1.82, 2.24) is 0 Å². The monoisotopic (exact) mass is 467 g/mol. The van der Waals surface area contributed by atoms with Gasteiger partial charge in [0.25, 0.3) is 0 Å². The van der Waals surface area contributed by atoms with Gasteiger partial charge in [0.05, 0.1) is 0 Å². The Morgan fingerprint density at radius 2 is 1.75 bits per heavy atom. The van der Waals surface area contributed by atoms with E-state index in [0.29, 0.717) is 0 Å². The largest absolute Gasteiger partial charge is 3.00 e. The van der Waals surface area contributed by atoms with Crippen molar-refractivity contribution >= 4 is 30.6 Å². The second-order valence-corrected chi connectivity index (χ2v) is 12.1. The summed E-state index contributed by atoms with van der Waals surface area (Å²) in [6.45, 7) is 7.26. The molecule has 2 aromatic rings. The van der Waals surface area contributed by atoms with E-state index in [1.165, 1.54) is 10.8 Å². The molecule has 0 saturated carbocycles. The normalized spacial score (nSPS) is 21.0. The van der Waals surface area contributed by atoms with Gasteiger partial charge in [0.15, 0.2) is 0 Å². The molecule has 0 nitrogen and oxygen atoms in total. The molecule has 5 heteroatoms. The van der Waals surface area contributed by atoms with E-state index in [0.717, 1.165) is 5.92 Å². The second kappa shape index (κ2) is 8.18. The van der Waals surface area contributed by atoms with Crippen LogP contribution in [0.2, 0.25) is 13.1 Å². The summed E-state index contributed by atoms with van der Waals surface area (Å²) in [5.74, 6) is 0.789. The van der Waals surface area contributed by atoms with Crippen LogP contribution in [0.5, 0.6) is 0 Å². The van der Waals surface area contributed by atoms with Gasteiger partial charge in [-0.2, -0.15) is 17.5 Å². The number of rotatable bonds is 0. The first-order valence-corrected chi connectivity index (χ1v) is 11.3. The van der Waals surface area contributed by atoms with Crippen LogP contribution < -0.4 is 24.8 Å². The molecule has 3 aliphatic rings. The third kappa shape index (κ3) is 3.35. The van der Waals surface area contributed by atoms with E-state index in [-0.39, 0.29) is 51.0 Å². The third-order valence-corrected chi connectivity index (χ3v) is 10.1. The molecule has 2 aliphatic heterocycles. The molecule has 123 valence electrons. The predicted molar refractivity (Wildman–Crippen MR) is 97.0 cm³/mol. The smallest absolute Gasteiger partial charge is 1.00 e. The first-order chi connectivity index (χ1) is 10.1. The van der Waals surface area contributed by atoms with Gasteiger partial charge in [-0.3, -0.25) is 0 Å². The van der Waals surface area contributed by atoms with Crippen LogP contribution >= 0.6 is 11.8 Å². The van der Waals surface area contributed by atoms with Gasteiger partial charge < -0.3 is 24.8 Å². The maximum absolute atomic E-state index is 2.48. The van der Waals surface area contributed by atoms with Crippen molar-refractivity contribution < 1.29 is 51.0 Å². The van der Waals surface area contributed by atoms with Gasteiger partial charge in [-0.15, -0.1) is 29.7 Å². The van der Waals surface area contributed by atoms with Crippen LogP contribution in [0, 0.1) is 5.92 Å². The average molecular weight is 470 g/mol. The van der Waals surface area contributed by atoms with E-state index < -0.39 is 8.07 Å². The van der Waals surface area contributed by atoms with Gasteiger partial charge >= 0.3 is 26.2 Å². The van der Waals surface area contributed by atoms with Gasteiger partial charge in [0.2, 0.25) is 0 Å². The van der Waals surface area contributed by atoms with Crippen molar-refractivity contribution in [2.75, 3.05) is 0 Å². The molecule has 1 aliphatic carbocycles. The standard InChI is InChI=1S/C10H12SSi.C9H7.2ClH.Zr/c1-6-10-9-7(11-6)4-5-8(9)12(10,2)3;1-2-5-9-7-3-6-8(9)4-1;;;/h4-5,9H,1-3H3;1-7H;2*1H;/q;-1;;;+3/p-2. The molecule has 1 fully saturated rings. The molecule has 2 aromatic carbocycles. The van der Waals surface area contributed by atoms with Crippen LogP contribution in [0.25, 0.3) is 10.8 Å². The molecule has 0 bridgehead atoms. The van der Waals surface area contributed by atoms with E-state index in [1.807, 2.05) is 17.0 Å². The van der Waals surface area contributed by atoms with E-state index >= 15 is 0 Å². The maximum Gasteiger partial charge on any atom is 3.00 e. The Morgan fingerprint density at radius 1 is 1.04 bits per heavy atom. The Morgan fingerprint density at radius 3 is 2.46 bits per heavy atom. The summed E-state index contributed by atoms with van der Waals surface area (Å²) in [4.78, 5) is 3.21. The van der Waals surface area contributed by atoms with Crippen molar-refractivity contribution in [3.05, 3.63) is 74.8 Å². The molecular weight excluding hydrogens is 450 g/mol. The summed E-state index contributed by atoms with van der Waals surface area (Å²) in [5.41, 5.74) is 0. The summed E-state index contributed by atoms with van der Waals surface area (Å²) in [6.07, 6.45) is 4.72. The molecule has 0 spiro atoms. The summed E-state index contributed by atoms with van der Waals surface area (Å²) >= 11 is 2.01. The van der Waals surface area contributed by atoms with E-state index in [4.69, 9.17) is 0 Å². The van der Waals surface area contributed by atoms with Gasteiger partial charge in [-0.25, -0.2) is 0 Å². The number of allylic oxidation sites excluding steroid dienone is 6. The fraction of sp³-hybridized carbons (Fsp3) is 0.211. The minimum atomic E-state index is -1.06. The summed E-state index contributed by atoms with van der Waals surface area (Å²) in [6, 6.07) is 14.7. The topological polar surface area (TPSA) is 0 Å². The van der Waals surface area contributed by atoms with Crippen LogP contribution in [0.3, 0.4) is 0 Å². The molecule has 5 rings (SSSR count). The molecule has 1 unspecified atom stereocenters. The zero-order valence-corrected chi connectivity index (χ0v) is 19.7. The van der Waals surface area contributed by atoms with Crippen LogP contribution in [0.15, 0.2) is 74.8 Å². The Balaban J connectivity index is 0.000000220. The van der Waals surface area contributed by atoms with Crippen LogP contribution in [0.4, 0.5) is 0 Å². The Labute approximate surface area is 181 Å². The number of fused-ring (bicyclic) bond motifs is 1. The Kier molecular flexibility index (Phi) is 7.54. The van der Waals surface area contributed by atoms with Gasteiger partial charge in [-0.1, -0.05) is 53.5 Å². The van der Waals surface area contributed by atoms with E-state index in [1.54, 1.807) is 15.0 Å². The summed E-state index contributed by atoms with van der Waals surface area (Å²) in [7, 11) is -1.06. The van der Waals surface area contributed by atoms with Gasteiger partial charge in [0, 0.05) is 5.92 Å². The SMILES string of the molecule is CC1=C2C3C(=CC=C3[Si]2(C)C)S1.[Cl-].[Cl-].[Zr+3].c1ccc2[cH-]ccc2c1. The predicted octanol–water partition coefficient (Wildman–Crippen LogP) is -0.188. The maximum atomic E-state index is 2.48. The average Bonchev–Trinajstić information content (AvgIpc) is 3.09. The fourth-order valence-corrected chi connectivity index (χ4v) is 9.59. The minimum absolute atomic E-state index is 0. The summed E-state index contributed by atoms with van der Waals surface area (Å²) in [5, 5.41) is 6.26. The van der Waals surface area contributed by atoms with E-state index in [2.05, 4.69) is 74.6 Å². The summed E-state index contributed by atoms with van der Waals surface area (Å²) < 4.78 is 0. The van der Waals surface area contributed by atoms with Crippen LogP contribution in [-0.2, 0) is 26.2 Å². The number of halogens is 2. The van der Waals surface area contributed by atoms with Gasteiger partial charge in [0.1, 0.15) is 8.07 Å². The molecule has 1 saturated heterocycles. The molecular formula is C19H19Cl2SSiZr. The Hall–Kier alpha value is 0.0800. The number of thioether (sulfide) groups is 1. The number of hydrogen-bond donors (Lipinski definition) is 0. The minimum Gasteiger partial charge on any atom is -1.00 e. The number of benzene rings is 1. The number of hydrogen-bond acceptors (Lipinski definition) is 1. The van der Waals surface area contributed by atoms with E-state index in [9.17, 15) is 0 Å². The molecule has 24 heavy (non-hydrogen) atoms. The van der Waals surface area contributed by atoms with Crippen molar-refractivity contribution in [3.8, 4) is 0 Å². The van der Waals surface area contributed by atoms with Crippen molar-refractivity contribution in [1.29, 1.82) is 0 Å². The van der Waals surface area contributed by atoms with Crippen LogP contribution in [-0.4, -0.2) is 8.07 Å². The van der Waals surface area contributed by atoms with Crippen LogP contribution in [0.1, 0.15) is 6.92 Å². The molecule has 1 atom stereocenters. The van der Waals surface area contributed by atoms with Crippen molar-refractivity contribution in [2.45, 2.75) is 20.0 Å². The second-order valence-electron chi connectivity index (χ2n) is 6.48. The first kappa shape index (κ1) is 22.1. The quantitative estimate of drug-likeness (QED) is 0.381. The zero-order valence-electron chi connectivity index (χ0n) is 13.9. The molecule has 2 heterocycles. The third-order valence-electron chi connectivity index (χ3n) is 4.90. The van der Waals surface area contributed by atoms with Crippen molar-refractivity contribution in [2.24, 2.45) is 5.92 Å². The molecule has 1 radical (unpaired) electrons.